The fourth-order valence-electron chi connectivity index (χ4n) is 1.83. The van der Waals surface area contributed by atoms with Crippen LogP contribution in [0.4, 0.5) is 0 Å². The van der Waals surface area contributed by atoms with Gasteiger partial charge in [-0.3, -0.25) is 4.79 Å². The normalized spacial score (nSPS) is 14.9. The summed E-state index contributed by atoms with van der Waals surface area (Å²) in [5.41, 5.74) is -0.873. The molecular formula is C14H21NO3. The largest absolute Gasteiger partial charge is 0.465 e. The number of nitrogens with one attached hydrogen (secondary N) is 1. The molecule has 4 nitrogen and oxygen atoms in total. The van der Waals surface area contributed by atoms with E-state index in [2.05, 4.69) is 5.32 Å². The number of amides is 1. The zero-order chi connectivity index (χ0) is 13.6. The van der Waals surface area contributed by atoms with Crippen LogP contribution in [-0.4, -0.2) is 23.2 Å². The summed E-state index contributed by atoms with van der Waals surface area (Å²) in [6.07, 6.45) is 5.18. The molecule has 0 bridgehead atoms. The minimum absolute atomic E-state index is 0.240. The monoisotopic (exact) mass is 251 g/mol. The summed E-state index contributed by atoms with van der Waals surface area (Å²) in [5, 5.41) is 12.7. The van der Waals surface area contributed by atoms with Gasteiger partial charge in [-0.1, -0.05) is 13.8 Å². The first kappa shape index (κ1) is 14.5. The van der Waals surface area contributed by atoms with E-state index in [1.54, 1.807) is 31.4 Å². The third-order valence-corrected chi connectivity index (χ3v) is 2.43. The molecule has 1 rings (SSSR count). The van der Waals surface area contributed by atoms with Crippen LogP contribution in [0, 0.1) is 5.92 Å². The predicted octanol–water partition coefficient (Wildman–Crippen LogP) is 2.21. The fourth-order valence-corrected chi connectivity index (χ4v) is 1.83. The molecule has 0 radical (unpaired) electrons. The van der Waals surface area contributed by atoms with E-state index in [0.717, 1.165) is 0 Å². The summed E-state index contributed by atoms with van der Waals surface area (Å²) in [6.45, 7) is 6.04. The molecule has 0 fully saturated rings. The Labute approximate surface area is 108 Å². The topological polar surface area (TPSA) is 62.5 Å². The summed E-state index contributed by atoms with van der Waals surface area (Å²) in [7, 11) is 0. The molecule has 0 saturated carbocycles. The Morgan fingerprint density at radius 1 is 1.61 bits per heavy atom. The molecule has 0 aromatic carbocycles. The molecule has 1 aromatic rings. The van der Waals surface area contributed by atoms with Gasteiger partial charge in [-0.05, 0) is 37.5 Å². The third-order valence-electron chi connectivity index (χ3n) is 2.43. The van der Waals surface area contributed by atoms with Crippen molar-refractivity contribution in [2.24, 2.45) is 5.92 Å². The molecule has 100 valence electrons. The highest BCUT2D eigenvalue weighted by atomic mass is 16.3. The van der Waals surface area contributed by atoms with Crippen molar-refractivity contribution in [2.75, 3.05) is 6.54 Å². The number of carbonyl (C=O) groups is 1. The molecule has 1 atom stereocenters. The molecule has 1 heterocycles. The Morgan fingerprint density at radius 3 is 2.89 bits per heavy atom. The minimum Gasteiger partial charge on any atom is -0.465 e. The number of aliphatic hydroxyl groups is 1. The average molecular weight is 251 g/mol. The zero-order valence-electron chi connectivity index (χ0n) is 11.1. The maximum atomic E-state index is 11.5. The minimum atomic E-state index is -0.873. The molecule has 18 heavy (non-hydrogen) atoms. The predicted molar refractivity (Wildman–Crippen MR) is 70.8 cm³/mol. The zero-order valence-corrected chi connectivity index (χ0v) is 11.1. The Bertz CT molecular complexity index is 391. The Balaban J connectivity index is 2.37. The first-order valence-corrected chi connectivity index (χ1v) is 6.11. The average Bonchev–Trinajstić information content (AvgIpc) is 2.74. The summed E-state index contributed by atoms with van der Waals surface area (Å²) in [5.74, 6) is 0.769. The van der Waals surface area contributed by atoms with Gasteiger partial charge in [0.25, 0.3) is 0 Å². The Kier molecular flexibility index (Phi) is 5.16. The maximum Gasteiger partial charge on any atom is 0.244 e. The van der Waals surface area contributed by atoms with E-state index in [4.69, 9.17) is 4.42 Å². The Hall–Kier alpha value is -1.55. The van der Waals surface area contributed by atoms with E-state index in [0.29, 0.717) is 18.1 Å². The number of rotatable bonds is 6. The van der Waals surface area contributed by atoms with Crippen LogP contribution < -0.4 is 5.32 Å². The van der Waals surface area contributed by atoms with Crippen LogP contribution in [-0.2, 0) is 4.79 Å². The first-order chi connectivity index (χ1) is 8.39. The number of hydrogen-bond donors (Lipinski definition) is 2. The van der Waals surface area contributed by atoms with Crippen LogP contribution >= 0.6 is 0 Å². The van der Waals surface area contributed by atoms with E-state index >= 15 is 0 Å². The van der Waals surface area contributed by atoms with Gasteiger partial charge in [0, 0.05) is 12.6 Å². The maximum absolute atomic E-state index is 11.5. The fraction of sp³-hybridized carbons (Fsp3) is 0.500. The molecule has 1 amide bonds. The van der Waals surface area contributed by atoms with Crippen LogP contribution in [0.25, 0.3) is 6.08 Å². The quantitative estimate of drug-likeness (QED) is 0.762. The summed E-state index contributed by atoms with van der Waals surface area (Å²) in [4.78, 5) is 11.5. The lowest BCUT2D eigenvalue weighted by atomic mass is 9.94. The van der Waals surface area contributed by atoms with Gasteiger partial charge in [-0.25, -0.2) is 0 Å². The van der Waals surface area contributed by atoms with E-state index < -0.39 is 5.60 Å². The van der Waals surface area contributed by atoms with Gasteiger partial charge in [0.15, 0.2) is 0 Å². The summed E-state index contributed by atoms with van der Waals surface area (Å²) >= 11 is 0. The van der Waals surface area contributed by atoms with Crippen LogP contribution in [0.15, 0.2) is 28.9 Å². The molecule has 2 N–H and O–H groups in total. The van der Waals surface area contributed by atoms with Gasteiger partial charge >= 0.3 is 0 Å². The summed E-state index contributed by atoms with van der Waals surface area (Å²) < 4.78 is 5.07. The van der Waals surface area contributed by atoms with Crippen molar-refractivity contribution in [3.05, 3.63) is 30.2 Å². The van der Waals surface area contributed by atoms with Gasteiger partial charge in [0.2, 0.25) is 5.91 Å². The molecule has 1 unspecified atom stereocenters. The van der Waals surface area contributed by atoms with Gasteiger partial charge in [0.05, 0.1) is 11.9 Å². The molecule has 0 aliphatic carbocycles. The third kappa shape index (κ3) is 5.68. The molecule has 0 saturated heterocycles. The van der Waals surface area contributed by atoms with Gasteiger partial charge in [0.1, 0.15) is 5.76 Å². The van der Waals surface area contributed by atoms with Crippen molar-refractivity contribution in [1.29, 1.82) is 0 Å². The van der Waals surface area contributed by atoms with Crippen molar-refractivity contribution < 1.29 is 14.3 Å². The van der Waals surface area contributed by atoms with Crippen LogP contribution in [0.5, 0.6) is 0 Å². The molecule has 1 aromatic heterocycles. The second-order valence-corrected chi connectivity index (χ2v) is 5.16. The molecular weight excluding hydrogens is 230 g/mol. The molecule has 4 heteroatoms. The lowest BCUT2D eigenvalue weighted by Crippen LogP contribution is -2.40. The smallest absolute Gasteiger partial charge is 0.244 e. The van der Waals surface area contributed by atoms with Crippen molar-refractivity contribution >= 4 is 12.0 Å². The highest BCUT2D eigenvalue weighted by molar-refractivity contribution is 5.91. The number of carbonyl (C=O) groups excluding carboxylic acids is 1. The number of hydrogen-bond acceptors (Lipinski definition) is 3. The second kappa shape index (κ2) is 6.40. The number of furan rings is 1. The first-order valence-electron chi connectivity index (χ1n) is 6.11. The van der Waals surface area contributed by atoms with Crippen molar-refractivity contribution in [3.8, 4) is 0 Å². The van der Waals surface area contributed by atoms with Gasteiger partial charge in [-0.15, -0.1) is 0 Å². The van der Waals surface area contributed by atoms with Crippen LogP contribution in [0.2, 0.25) is 0 Å². The summed E-state index contributed by atoms with van der Waals surface area (Å²) in [6, 6.07) is 3.52. The van der Waals surface area contributed by atoms with E-state index in [1.165, 1.54) is 6.08 Å². The van der Waals surface area contributed by atoms with E-state index in [9.17, 15) is 9.90 Å². The molecule has 0 aliphatic rings. The highest BCUT2D eigenvalue weighted by Gasteiger charge is 2.21. The van der Waals surface area contributed by atoms with Crippen molar-refractivity contribution in [3.63, 3.8) is 0 Å². The Morgan fingerprint density at radius 2 is 2.33 bits per heavy atom. The van der Waals surface area contributed by atoms with Crippen molar-refractivity contribution in [1.82, 2.24) is 5.32 Å². The molecule has 0 aliphatic heterocycles. The van der Waals surface area contributed by atoms with Gasteiger partial charge < -0.3 is 14.8 Å². The second-order valence-electron chi connectivity index (χ2n) is 5.16. The van der Waals surface area contributed by atoms with Crippen LogP contribution in [0.1, 0.15) is 33.0 Å². The van der Waals surface area contributed by atoms with Crippen LogP contribution in [0.3, 0.4) is 0 Å². The SMILES string of the molecule is CC(C)CC(C)(O)CNC(=O)C=Cc1ccco1. The van der Waals surface area contributed by atoms with E-state index in [1.807, 2.05) is 13.8 Å². The highest BCUT2D eigenvalue weighted by Crippen LogP contribution is 2.14. The van der Waals surface area contributed by atoms with Crippen molar-refractivity contribution in [2.45, 2.75) is 32.8 Å². The molecule has 0 spiro atoms. The lowest BCUT2D eigenvalue weighted by molar-refractivity contribution is -0.117. The van der Waals surface area contributed by atoms with E-state index in [-0.39, 0.29) is 12.5 Å². The van der Waals surface area contributed by atoms with Gasteiger partial charge in [-0.2, -0.15) is 0 Å². The lowest BCUT2D eigenvalue weighted by Gasteiger charge is -2.25. The standard InChI is InChI=1S/C14H21NO3/c1-11(2)9-14(3,17)10-15-13(16)7-6-12-5-4-8-18-12/h4-8,11,17H,9-10H2,1-3H3,(H,15,16).